The topological polar surface area (TPSA) is 62.0 Å². The van der Waals surface area contributed by atoms with Gasteiger partial charge in [0, 0.05) is 6.54 Å². The highest BCUT2D eigenvalue weighted by molar-refractivity contribution is 5.46. The van der Waals surface area contributed by atoms with Gasteiger partial charge in [0.1, 0.15) is 18.2 Å². The summed E-state index contributed by atoms with van der Waals surface area (Å²) in [5, 5.41) is 17.6. The van der Waals surface area contributed by atoms with Crippen LogP contribution in [0.15, 0.2) is 0 Å². The zero-order valence-electron chi connectivity index (χ0n) is 12.4. The van der Waals surface area contributed by atoms with Crippen LogP contribution >= 0.6 is 0 Å². The van der Waals surface area contributed by atoms with Crippen molar-refractivity contribution in [1.82, 2.24) is 15.1 Å². The molecule has 1 aliphatic rings. The van der Waals surface area contributed by atoms with Gasteiger partial charge in [-0.1, -0.05) is 13.8 Å². The fraction of sp³-hybridized carbons (Fsp3) is 0.667. The van der Waals surface area contributed by atoms with Crippen LogP contribution in [0.2, 0.25) is 0 Å². The molecular formula is C15H22N4O. The van der Waals surface area contributed by atoms with Crippen LogP contribution in [-0.2, 0) is 12.8 Å². The Morgan fingerprint density at radius 2 is 1.95 bits per heavy atom. The SMILES string of the molecule is CCc1nnc(OCCN2CCCC2)c(C#N)c1CC. The van der Waals surface area contributed by atoms with E-state index in [1.165, 1.54) is 12.8 Å². The van der Waals surface area contributed by atoms with Gasteiger partial charge in [0.15, 0.2) is 0 Å². The van der Waals surface area contributed by atoms with Crippen molar-refractivity contribution in [1.29, 1.82) is 5.26 Å². The van der Waals surface area contributed by atoms with E-state index < -0.39 is 0 Å². The predicted molar refractivity (Wildman–Crippen MR) is 76.7 cm³/mol. The highest BCUT2D eigenvalue weighted by atomic mass is 16.5. The smallest absolute Gasteiger partial charge is 0.251 e. The molecule has 20 heavy (non-hydrogen) atoms. The predicted octanol–water partition coefficient (Wildman–Crippen LogP) is 1.95. The number of hydrogen-bond donors (Lipinski definition) is 0. The molecular weight excluding hydrogens is 252 g/mol. The van der Waals surface area contributed by atoms with Crippen LogP contribution in [0.4, 0.5) is 0 Å². The molecule has 1 aliphatic heterocycles. The second kappa shape index (κ2) is 7.20. The second-order valence-corrected chi connectivity index (χ2v) is 5.02. The van der Waals surface area contributed by atoms with Gasteiger partial charge in [-0.2, -0.15) is 10.4 Å². The van der Waals surface area contributed by atoms with Gasteiger partial charge in [-0.25, -0.2) is 0 Å². The molecule has 1 aromatic rings. The van der Waals surface area contributed by atoms with Crippen LogP contribution in [0.1, 0.15) is 43.5 Å². The number of rotatable bonds is 6. The molecule has 0 saturated carbocycles. The minimum Gasteiger partial charge on any atom is -0.474 e. The molecule has 5 nitrogen and oxygen atoms in total. The van der Waals surface area contributed by atoms with E-state index in [4.69, 9.17) is 4.74 Å². The van der Waals surface area contributed by atoms with E-state index in [0.29, 0.717) is 18.1 Å². The highest BCUT2D eigenvalue weighted by Gasteiger charge is 2.16. The zero-order valence-corrected chi connectivity index (χ0v) is 12.4. The largest absolute Gasteiger partial charge is 0.474 e. The standard InChI is InChI=1S/C15H22N4O/c1-3-12-13(11-16)15(18-17-14(12)4-2)20-10-9-19-7-5-6-8-19/h3-10H2,1-2H3. The molecule has 0 radical (unpaired) electrons. The van der Waals surface area contributed by atoms with Crippen molar-refractivity contribution in [2.75, 3.05) is 26.2 Å². The summed E-state index contributed by atoms with van der Waals surface area (Å²) in [4.78, 5) is 2.38. The highest BCUT2D eigenvalue weighted by Crippen LogP contribution is 2.21. The third-order valence-electron chi connectivity index (χ3n) is 3.77. The van der Waals surface area contributed by atoms with Crippen LogP contribution in [0.25, 0.3) is 0 Å². The van der Waals surface area contributed by atoms with Gasteiger partial charge in [0.2, 0.25) is 0 Å². The molecule has 1 fully saturated rings. The minimum atomic E-state index is 0.390. The van der Waals surface area contributed by atoms with Crippen molar-refractivity contribution >= 4 is 0 Å². The molecule has 0 aliphatic carbocycles. The van der Waals surface area contributed by atoms with Crippen molar-refractivity contribution in [3.8, 4) is 11.9 Å². The normalized spacial score (nSPS) is 15.2. The van der Waals surface area contributed by atoms with E-state index in [9.17, 15) is 5.26 Å². The summed E-state index contributed by atoms with van der Waals surface area (Å²) in [5.74, 6) is 0.390. The Balaban J connectivity index is 2.05. The van der Waals surface area contributed by atoms with Gasteiger partial charge in [-0.15, -0.1) is 5.10 Å². The summed E-state index contributed by atoms with van der Waals surface area (Å²) in [6.45, 7) is 7.81. The van der Waals surface area contributed by atoms with Crippen molar-refractivity contribution in [2.24, 2.45) is 0 Å². The first-order chi connectivity index (χ1) is 9.80. The van der Waals surface area contributed by atoms with E-state index in [1.54, 1.807) is 0 Å². The number of nitrogens with zero attached hydrogens (tertiary/aromatic N) is 4. The summed E-state index contributed by atoms with van der Waals surface area (Å²) >= 11 is 0. The molecule has 0 N–H and O–H groups in total. The average Bonchev–Trinajstić information content (AvgIpc) is 2.99. The van der Waals surface area contributed by atoms with Gasteiger partial charge in [-0.3, -0.25) is 4.90 Å². The number of nitriles is 1. The second-order valence-electron chi connectivity index (χ2n) is 5.02. The molecule has 0 unspecified atom stereocenters. The summed E-state index contributed by atoms with van der Waals surface area (Å²) < 4.78 is 5.69. The quantitative estimate of drug-likeness (QED) is 0.793. The molecule has 2 rings (SSSR count). The van der Waals surface area contributed by atoms with E-state index in [1.807, 2.05) is 13.8 Å². The maximum atomic E-state index is 9.35. The van der Waals surface area contributed by atoms with Crippen LogP contribution in [0.3, 0.4) is 0 Å². The molecule has 1 saturated heterocycles. The van der Waals surface area contributed by atoms with Crippen molar-refractivity contribution in [3.63, 3.8) is 0 Å². The number of aryl methyl sites for hydroxylation is 1. The first-order valence-corrected chi connectivity index (χ1v) is 7.43. The van der Waals surface area contributed by atoms with E-state index >= 15 is 0 Å². The van der Waals surface area contributed by atoms with E-state index in [2.05, 4.69) is 21.2 Å². The first-order valence-electron chi connectivity index (χ1n) is 7.43. The number of hydrogen-bond acceptors (Lipinski definition) is 5. The summed E-state index contributed by atoms with van der Waals surface area (Å²) in [7, 11) is 0. The summed E-state index contributed by atoms with van der Waals surface area (Å²) in [6, 6.07) is 2.23. The maximum absolute atomic E-state index is 9.35. The van der Waals surface area contributed by atoms with Crippen molar-refractivity contribution < 1.29 is 4.74 Å². The lowest BCUT2D eigenvalue weighted by molar-refractivity contribution is 0.229. The lowest BCUT2D eigenvalue weighted by Crippen LogP contribution is -2.25. The van der Waals surface area contributed by atoms with Gasteiger partial charge in [0.25, 0.3) is 5.88 Å². The Bertz CT molecular complexity index is 489. The molecule has 0 bridgehead atoms. The average molecular weight is 274 g/mol. The molecule has 0 spiro atoms. The first kappa shape index (κ1) is 14.7. The Morgan fingerprint density at radius 1 is 1.20 bits per heavy atom. The Hall–Kier alpha value is -1.67. The third kappa shape index (κ3) is 3.26. The van der Waals surface area contributed by atoms with Crippen molar-refractivity contribution in [2.45, 2.75) is 39.5 Å². The lowest BCUT2D eigenvalue weighted by Gasteiger charge is -2.15. The van der Waals surface area contributed by atoms with Crippen LogP contribution in [0.5, 0.6) is 5.88 Å². The number of aromatic nitrogens is 2. The number of ether oxygens (including phenoxy) is 1. The fourth-order valence-electron chi connectivity index (χ4n) is 2.65. The van der Waals surface area contributed by atoms with Crippen LogP contribution < -0.4 is 4.74 Å². The van der Waals surface area contributed by atoms with Gasteiger partial charge in [0.05, 0.1) is 5.69 Å². The van der Waals surface area contributed by atoms with Gasteiger partial charge < -0.3 is 4.74 Å². The molecule has 2 heterocycles. The Morgan fingerprint density at radius 3 is 2.55 bits per heavy atom. The Kier molecular flexibility index (Phi) is 5.31. The maximum Gasteiger partial charge on any atom is 0.251 e. The molecule has 0 atom stereocenters. The zero-order chi connectivity index (χ0) is 14.4. The number of likely N-dealkylation sites (tertiary alicyclic amines) is 1. The molecule has 108 valence electrons. The summed E-state index contributed by atoms with van der Waals surface area (Å²) in [5.41, 5.74) is 2.43. The molecule has 0 aromatic carbocycles. The molecule has 0 amide bonds. The lowest BCUT2D eigenvalue weighted by atomic mass is 10.0. The summed E-state index contributed by atoms with van der Waals surface area (Å²) in [6.07, 6.45) is 4.12. The van der Waals surface area contributed by atoms with Gasteiger partial charge in [-0.05, 0) is 44.3 Å². The van der Waals surface area contributed by atoms with Crippen LogP contribution in [0, 0.1) is 11.3 Å². The molecule has 1 aromatic heterocycles. The minimum absolute atomic E-state index is 0.390. The molecule has 5 heteroatoms. The monoisotopic (exact) mass is 274 g/mol. The third-order valence-corrected chi connectivity index (χ3v) is 3.77. The van der Waals surface area contributed by atoms with Crippen LogP contribution in [-0.4, -0.2) is 41.3 Å². The van der Waals surface area contributed by atoms with E-state index in [-0.39, 0.29) is 0 Å². The van der Waals surface area contributed by atoms with E-state index in [0.717, 1.165) is 43.7 Å². The van der Waals surface area contributed by atoms with Crippen molar-refractivity contribution in [3.05, 3.63) is 16.8 Å². The fourth-order valence-corrected chi connectivity index (χ4v) is 2.65. The van der Waals surface area contributed by atoms with Gasteiger partial charge >= 0.3 is 0 Å². The Labute approximate surface area is 120 Å².